The van der Waals surface area contributed by atoms with Crippen molar-refractivity contribution in [2.75, 3.05) is 19.6 Å². The van der Waals surface area contributed by atoms with Crippen LogP contribution >= 0.6 is 22.9 Å². The van der Waals surface area contributed by atoms with Gasteiger partial charge in [-0.25, -0.2) is 8.42 Å². The van der Waals surface area contributed by atoms with Crippen molar-refractivity contribution >= 4 is 33.0 Å². The summed E-state index contributed by atoms with van der Waals surface area (Å²) in [6.45, 7) is 2.32. The van der Waals surface area contributed by atoms with Crippen LogP contribution in [0.2, 0.25) is 4.34 Å². The molecule has 0 bridgehead atoms. The predicted molar refractivity (Wildman–Crippen MR) is 81.8 cm³/mol. The Morgan fingerprint density at radius 1 is 1.30 bits per heavy atom. The Labute approximate surface area is 129 Å². The number of nitrogens with zero attached hydrogens (tertiary/aromatic N) is 1. The second-order valence-corrected chi connectivity index (χ2v) is 9.41. The van der Waals surface area contributed by atoms with E-state index in [1.54, 1.807) is 16.4 Å². The van der Waals surface area contributed by atoms with Crippen LogP contribution in [-0.2, 0) is 10.0 Å². The maximum absolute atomic E-state index is 12.6. The zero-order chi connectivity index (χ0) is 14.2. The van der Waals surface area contributed by atoms with Crippen LogP contribution in [0.25, 0.3) is 0 Å². The average molecular weight is 335 g/mol. The van der Waals surface area contributed by atoms with Gasteiger partial charge in [0.1, 0.15) is 4.21 Å². The molecule has 1 aromatic rings. The first-order valence-electron chi connectivity index (χ1n) is 7.06. The largest absolute Gasteiger partial charge is 0.314 e. The fourth-order valence-corrected chi connectivity index (χ4v) is 6.37. The van der Waals surface area contributed by atoms with Gasteiger partial charge in [0.2, 0.25) is 0 Å². The molecule has 0 aliphatic carbocycles. The number of halogens is 1. The van der Waals surface area contributed by atoms with Crippen molar-refractivity contribution < 1.29 is 8.42 Å². The van der Waals surface area contributed by atoms with Crippen LogP contribution in [0.3, 0.4) is 0 Å². The van der Waals surface area contributed by atoms with Crippen LogP contribution in [0.15, 0.2) is 16.3 Å². The van der Waals surface area contributed by atoms with E-state index in [-0.39, 0.29) is 0 Å². The highest BCUT2D eigenvalue weighted by atomic mass is 35.5. The van der Waals surface area contributed by atoms with Crippen molar-refractivity contribution in [2.45, 2.75) is 35.9 Å². The fourth-order valence-electron chi connectivity index (χ4n) is 3.20. The first-order chi connectivity index (χ1) is 9.57. The SMILES string of the molecule is O=S(=O)(c1ccc(Cl)s1)N1CCCC(C2CCCN2)C1. The molecule has 0 spiro atoms. The van der Waals surface area contributed by atoms with E-state index in [9.17, 15) is 8.42 Å². The molecule has 2 fully saturated rings. The van der Waals surface area contributed by atoms with Gasteiger partial charge in [-0.05, 0) is 50.3 Å². The minimum atomic E-state index is -3.36. The monoisotopic (exact) mass is 334 g/mol. The van der Waals surface area contributed by atoms with E-state index in [0.29, 0.717) is 33.6 Å². The van der Waals surface area contributed by atoms with E-state index >= 15 is 0 Å². The van der Waals surface area contributed by atoms with Crippen molar-refractivity contribution in [3.05, 3.63) is 16.5 Å². The van der Waals surface area contributed by atoms with Crippen LogP contribution in [0.5, 0.6) is 0 Å². The third-order valence-corrected chi connectivity index (χ3v) is 7.79. The minimum absolute atomic E-state index is 0.363. The number of piperidine rings is 1. The summed E-state index contributed by atoms with van der Waals surface area (Å²) >= 11 is 7.01. The summed E-state index contributed by atoms with van der Waals surface area (Å²) in [5.41, 5.74) is 0. The highest BCUT2D eigenvalue weighted by molar-refractivity contribution is 7.91. The van der Waals surface area contributed by atoms with Crippen molar-refractivity contribution in [3.8, 4) is 0 Å². The third kappa shape index (κ3) is 2.90. The van der Waals surface area contributed by atoms with Gasteiger partial charge in [0.15, 0.2) is 0 Å². The smallest absolute Gasteiger partial charge is 0.252 e. The number of thiophene rings is 1. The molecule has 2 saturated heterocycles. The lowest BCUT2D eigenvalue weighted by Crippen LogP contribution is -2.45. The summed E-state index contributed by atoms with van der Waals surface area (Å²) in [7, 11) is -3.36. The molecule has 0 aromatic carbocycles. The Kier molecular flexibility index (Phi) is 4.38. The van der Waals surface area contributed by atoms with Gasteiger partial charge in [-0.15, -0.1) is 11.3 Å². The van der Waals surface area contributed by atoms with E-state index in [1.807, 2.05) is 0 Å². The van der Waals surface area contributed by atoms with Crippen molar-refractivity contribution in [3.63, 3.8) is 0 Å². The van der Waals surface area contributed by atoms with Crippen LogP contribution in [0, 0.1) is 5.92 Å². The molecule has 4 nitrogen and oxygen atoms in total. The molecule has 2 aliphatic rings. The number of sulfonamides is 1. The quantitative estimate of drug-likeness (QED) is 0.924. The zero-order valence-electron chi connectivity index (χ0n) is 11.2. The maximum Gasteiger partial charge on any atom is 0.252 e. The number of hydrogen-bond acceptors (Lipinski definition) is 4. The normalized spacial score (nSPS) is 28.9. The molecule has 0 radical (unpaired) electrons. The number of rotatable bonds is 3. The third-order valence-electron chi connectivity index (χ3n) is 4.23. The minimum Gasteiger partial charge on any atom is -0.314 e. The fraction of sp³-hybridized carbons (Fsp3) is 0.692. The molecule has 20 heavy (non-hydrogen) atoms. The first kappa shape index (κ1) is 14.8. The standard InChI is InChI=1S/C13H19ClN2O2S2/c14-12-5-6-13(19-12)20(17,18)16-8-2-3-10(9-16)11-4-1-7-15-11/h5-6,10-11,15H,1-4,7-9H2. The summed E-state index contributed by atoms with van der Waals surface area (Å²) in [5, 5.41) is 3.50. The summed E-state index contributed by atoms with van der Waals surface area (Å²) in [6, 6.07) is 3.75. The maximum atomic E-state index is 12.6. The van der Waals surface area contributed by atoms with Gasteiger partial charge in [-0.3, -0.25) is 0 Å². The highest BCUT2D eigenvalue weighted by Gasteiger charge is 2.35. The molecule has 7 heteroatoms. The topological polar surface area (TPSA) is 49.4 Å². The Morgan fingerprint density at radius 3 is 2.80 bits per heavy atom. The number of hydrogen-bond donors (Lipinski definition) is 1. The van der Waals surface area contributed by atoms with Gasteiger partial charge in [-0.2, -0.15) is 4.31 Å². The molecule has 3 rings (SSSR count). The lowest BCUT2D eigenvalue weighted by Gasteiger charge is -2.34. The van der Waals surface area contributed by atoms with E-state index < -0.39 is 10.0 Å². The molecule has 1 aromatic heterocycles. The molecule has 3 heterocycles. The van der Waals surface area contributed by atoms with E-state index in [4.69, 9.17) is 11.6 Å². The summed E-state index contributed by atoms with van der Waals surface area (Å²) in [6.07, 6.45) is 4.44. The predicted octanol–water partition coefficient (Wildman–Crippen LogP) is 2.55. The molecule has 112 valence electrons. The summed E-state index contributed by atoms with van der Waals surface area (Å²) in [5.74, 6) is 0.441. The van der Waals surface area contributed by atoms with Gasteiger partial charge < -0.3 is 5.32 Å². The van der Waals surface area contributed by atoms with Crippen molar-refractivity contribution in [2.24, 2.45) is 5.92 Å². The highest BCUT2D eigenvalue weighted by Crippen LogP contribution is 2.32. The second kappa shape index (κ2) is 5.93. The molecule has 1 N–H and O–H groups in total. The van der Waals surface area contributed by atoms with Crippen LogP contribution in [0.1, 0.15) is 25.7 Å². The summed E-state index contributed by atoms with van der Waals surface area (Å²) < 4.78 is 27.8. The Balaban J connectivity index is 1.75. The lowest BCUT2D eigenvalue weighted by atomic mass is 9.91. The second-order valence-electron chi connectivity index (χ2n) is 5.53. The van der Waals surface area contributed by atoms with Gasteiger partial charge in [-0.1, -0.05) is 11.6 Å². The van der Waals surface area contributed by atoms with E-state index in [1.165, 1.54) is 12.8 Å². The molecular weight excluding hydrogens is 316 g/mol. The molecule has 0 amide bonds. The molecule has 2 atom stereocenters. The van der Waals surface area contributed by atoms with Gasteiger partial charge in [0, 0.05) is 19.1 Å². The average Bonchev–Trinajstić information content (AvgIpc) is 3.10. The summed E-state index contributed by atoms with van der Waals surface area (Å²) in [4.78, 5) is 0. The van der Waals surface area contributed by atoms with Crippen LogP contribution < -0.4 is 5.32 Å². The van der Waals surface area contributed by atoms with E-state index in [0.717, 1.165) is 30.7 Å². The number of nitrogens with one attached hydrogen (secondary N) is 1. The zero-order valence-corrected chi connectivity index (χ0v) is 13.6. The Morgan fingerprint density at radius 2 is 2.15 bits per heavy atom. The molecule has 2 aliphatic heterocycles. The van der Waals surface area contributed by atoms with Gasteiger partial charge in [0.05, 0.1) is 4.34 Å². The lowest BCUT2D eigenvalue weighted by molar-refractivity contribution is 0.227. The molecular formula is C13H19ClN2O2S2. The van der Waals surface area contributed by atoms with Gasteiger partial charge in [0.25, 0.3) is 10.0 Å². The van der Waals surface area contributed by atoms with Crippen LogP contribution in [0.4, 0.5) is 0 Å². The van der Waals surface area contributed by atoms with Crippen molar-refractivity contribution in [1.29, 1.82) is 0 Å². The van der Waals surface area contributed by atoms with Crippen molar-refractivity contribution in [1.82, 2.24) is 9.62 Å². The Hall–Kier alpha value is -0.140. The van der Waals surface area contributed by atoms with E-state index in [2.05, 4.69) is 5.32 Å². The molecule has 2 unspecified atom stereocenters. The van der Waals surface area contributed by atoms with Gasteiger partial charge >= 0.3 is 0 Å². The first-order valence-corrected chi connectivity index (χ1v) is 9.70. The molecule has 0 saturated carbocycles. The van der Waals surface area contributed by atoms with Crippen LogP contribution in [-0.4, -0.2) is 38.4 Å². The Bertz CT molecular complexity index is 567.